The number of aromatic nitrogens is 3. The zero-order valence-electron chi connectivity index (χ0n) is 15.2. The van der Waals surface area contributed by atoms with Crippen molar-refractivity contribution in [2.75, 3.05) is 5.32 Å². The highest BCUT2D eigenvalue weighted by molar-refractivity contribution is 5.98. The monoisotopic (exact) mass is 380 g/mol. The van der Waals surface area contributed by atoms with Crippen molar-refractivity contribution in [3.63, 3.8) is 0 Å². The summed E-state index contributed by atoms with van der Waals surface area (Å²) in [5, 5.41) is 19.9. The van der Waals surface area contributed by atoms with E-state index in [1.165, 1.54) is 12.1 Å². The number of rotatable bonds is 4. The van der Waals surface area contributed by atoms with Crippen molar-refractivity contribution < 1.29 is 14.3 Å². The van der Waals surface area contributed by atoms with Crippen LogP contribution in [0.4, 0.5) is 10.2 Å². The average molecular weight is 380 g/mol. The minimum absolute atomic E-state index is 0.0978. The van der Waals surface area contributed by atoms with Crippen molar-refractivity contribution >= 4 is 11.7 Å². The number of pyridine rings is 1. The zero-order valence-corrected chi connectivity index (χ0v) is 15.2. The van der Waals surface area contributed by atoms with Gasteiger partial charge in [-0.05, 0) is 67.6 Å². The smallest absolute Gasteiger partial charge is 0.228 e. The van der Waals surface area contributed by atoms with E-state index in [0.29, 0.717) is 37.2 Å². The fraction of sp³-hybridized carbons (Fsp3) is 0.286. The van der Waals surface area contributed by atoms with Gasteiger partial charge < -0.3 is 10.4 Å². The van der Waals surface area contributed by atoms with Crippen LogP contribution in [-0.4, -0.2) is 32.3 Å². The van der Waals surface area contributed by atoms with Crippen LogP contribution in [0.2, 0.25) is 0 Å². The largest absolute Gasteiger partial charge is 0.393 e. The number of aromatic amines is 1. The maximum atomic E-state index is 13.3. The molecule has 0 unspecified atom stereocenters. The first-order chi connectivity index (χ1) is 13.6. The van der Waals surface area contributed by atoms with Crippen molar-refractivity contribution in [3.8, 4) is 22.4 Å². The van der Waals surface area contributed by atoms with E-state index in [9.17, 15) is 14.3 Å². The van der Waals surface area contributed by atoms with Crippen LogP contribution < -0.4 is 5.32 Å². The number of nitrogens with zero attached hydrogens (tertiary/aromatic N) is 2. The number of halogens is 1. The SMILES string of the molecule is O=C(Nc1n[nH]c(-c2ccc(F)cc2)c1-c1ccncc1)C1CCC(O)CC1. The number of aliphatic hydroxyl groups excluding tert-OH is 1. The number of nitrogens with one attached hydrogen (secondary N) is 2. The van der Waals surface area contributed by atoms with E-state index in [1.54, 1.807) is 24.5 Å². The summed E-state index contributed by atoms with van der Waals surface area (Å²) in [6.07, 6.45) is 5.62. The Kier molecular flexibility index (Phi) is 5.16. The molecule has 1 aliphatic rings. The maximum Gasteiger partial charge on any atom is 0.228 e. The van der Waals surface area contributed by atoms with E-state index < -0.39 is 0 Å². The first kappa shape index (κ1) is 18.3. The van der Waals surface area contributed by atoms with Gasteiger partial charge in [-0.1, -0.05) is 0 Å². The van der Waals surface area contributed by atoms with Crippen LogP contribution in [0.5, 0.6) is 0 Å². The van der Waals surface area contributed by atoms with Gasteiger partial charge in [-0.25, -0.2) is 4.39 Å². The quantitative estimate of drug-likeness (QED) is 0.643. The molecule has 0 radical (unpaired) electrons. The number of amides is 1. The van der Waals surface area contributed by atoms with E-state index in [4.69, 9.17) is 0 Å². The Balaban J connectivity index is 1.67. The van der Waals surface area contributed by atoms with E-state index in [2.05, 4.69) is 20.5 Å². The summed E-state index contributed by atoms with van der Waals surface area (Å²) in [4.78, 5) is 16.8. The molecule has 0 atom stereocenters. The average Bonchev–Trinajstić information content (AvgIpc) is 3.13. The number of anilines is 1. The van der Waals surface area contributed by atoms with Crippen LogP contribution in [0.25, 0.3) is 22.4 Å². The minimum atomic E-state index is -0.318. The van der Waals surface area contributed by atoms with Crippen molar-refractivity contribution in [2.24, 2.45) is 5.92 Å². The normalized spacial score (nSPS) is 19.4. The predicted octanol–water partition coefficient (Wildman–Crippen LogP) is 3.77. The third-order valence-corrected chi connectivity index (χ3v) is 5.18. The fourth-order valence-electron chi connectivity index (χ4n) is 3.61. The van der Waals surface area contributed by atoms with Crippen LogP contribution in [0.15, 0.2) is 48.8 Å². The second-order valence-electron chi connectivity index (χ2n) is 7.06. The van der Waals surface area contributed by atoms with E-state index in [-0.39, 0.29) is 23.7 Å². The van der Waals surface area contributed by atoms with E-state index in [1.807, 2.05) is 12.1 Å². The molecule has 7 heteroatoms. The van der Waals surface area contributed by atoms with Crippen LogP contribution in [0, 0.1) is 11.7 Å². The Bertz CT molecular complexity index is 948. The fourth-order valence-corrected chi connectivity index (χ4v) is 3.61. The molecule has 6 nitrogen and oxygen atoms in total. The molecular formula is C21H21FN4O2. The number of hydrogen-bond acceptors (Lipinski definition) is 4. The van der Waals surface area contributed by atoms with Gasteiger partial charge >= 0.3 is 0 Å². The molecular weight excluding hydrogens is 359 g/mol. The minimum Gasteiger partial charge on any atom is -0.393 e. The second-order valence-corrected chi connectivity index (χ2v) is 7.06. The Morgan fingerprint density at radius 3 is 2.39 bits per heavy atom. The van der Waals surface area contributed by atoms with Gasteiger partial charge in [0.1, 0.15) is 5.82 Å². The Hall–Kier alpha value is -3.06. The summed E-state index contributed by atoms with van der Waals surface area (Å²) < 4.78 is 13.3. The topological polar surface area (TPSA) is 90.9 Å². The van der Waals surface area contributed by atoms with Crippen molar-refractivity contribution in [3.05, 3.63) is 54.6 Å². The highest BCUT2D eigenvalue weighted by atomic mass is 19.1. The summed E-state index contributed by atoms with van der Waals surface area (Å²) in [6.45, 7) is 0. The molecule has 1 fully saturated rings. The lowest BCUT2D eigenvalue weighted by atomic mass is 9.87. The van der Waals surface area contributed by atoms with Gasteiger partial charge in [-0.15, -0.1) is 0 Å². The summed E-state index contributed by atoms with van der Waals surface area (Å²) in [7, 11) is 0. The number of benzene rings is 1. The second kappa shape index (κ2) is 7.90. The third kappa shape index (κ3) is 3.80. The standard InChI is InChI=1S/C21H21FN4O2/c22-16-5-1-14(2-6-16)19-18(13-9-11-23-12-10-13)20(26-25-19)24-21(28)15-3-7-17(27)8-4-15/h1-2,5-6,9-12,15,17,27H,3-4,7-8H2,(H2,24,25,26,28). The molecule has 1 amide bonds. The first-order valence-corrected chi connectivity index (χ1v) is 9.35. The van der Waals surface area contributed by atoms with Gasteiger partial charge in [0.05, 0.1) is 17.4 Å². The molecule has 1 saturated carbocycles. The molecule has 0 spiro atoms. The maximum absolute atomic E-state index is 13.3. The number of aliphatic hydroxyl groups is 1. The molecule has 2 aromatic heterocycles. The molecule has 0 aliphatic heterocycles. The lowest BCUT2D eigenvalue weighted by molar-refractivity contribution is -0.121. The molecule has 3 aromatic rings. The molecule has 144 valence electrons. The lowest BCUT2D eigenvalue weighted by Gasteiger charge is -2.24. The van der Waals surface area contributed by atoms with Crippen molar-refractivity contribution in [1.29, 1.82) is 0 Å². The van der Waals surface area contributed by atoms with Gasteiger partial charge in [0, 0.05) is 23.9 Å². The van der Waals surface area contributed by atoms with Gasteiger partial charge in [-0.2, -0.15) is 5.10 Å². The van der Waals surface area contributed by atoms with Crippen LogP contribution in [0.3, 0.4) is 0 Å². The molecule has 4 rings (SSSR count). The highest BCUT2D eigenvalue weighted by Crippen LogP contribution is 2.36. The summed E-state index contributed by atoms with van der Waals surface area (Å²) in [5.74, 6) is -0.123. The number of hydrogen-bond donors (Lipinski definition) is 3. The number of H-pyrrole nitrogens is 1. The molecule has 0 bridgehead atoms. The lowest BCUT2D eigenvalue weighted by Crippen LogP contribution is -2.29. The molecule has 3 N–H and O–H groups in total. The molecule has 1 aliphatic carbocycles. The van der Waals surface area contributed by atoms with Crippen LogP contribution >= 0.6 is 0 Å². The van der Waals surface area contributed by atoms with E-state index >= 15 is 0 Å². The first-order valence-electron chi connectivity index (χ1n) is 9.35. The van der Waals surface area contributed by atoms with Crippen molar-refractivity contribution in [1.82, 2.24) is 15.2 Å². The Morgan fingerprint density at radius 2 is 1.71 bits per heavy atom. The summed E-state index contributed by atoms with van der Waals surface area (Å²) in [6, 6.07) is 9.79. The van der Waals surface area contributed by atoms with Gasteiger partial charge in [0.15, 0.2) is 5.82 Å². The van der Waals surface area contributed by atoms with E-state index in [0.717, 1.165) is 16.7 Å². The summed E-state index contributed by atoms with van der Waals surface area (Å²) >= 11 is 0. The van der Waals surface area contributed by atoms with Gasteiger partial charge in [-0.3, -0.25) is 14.9 Å². The van der Waals surface area contributed by atoms with Gasteiger partial charge in [0.2, 0.25) is 5.91 Å². The molecule has 0 saturated heterocycles. The van der Waals surface area contributed by atoms with Gasteiger partial charge in [0.25, 0.3) is 0 Å². The molecule has 28 heavy (non-hydrogen) atoms. The van der Waals surface area contributed by atoms with Crippen molar-refractivity contribution in [2.45, 2.75) is 31.8 Å². The predicted molar refractivity (Wildman–Crippen MR) is 104 cm³/mol. The number of carbonyl (C=O) groups is 1. The Labute approximate surface area is 161 Å². The molecule has 1 aromatic carbocycles. The van der Waals surface area contributed by atoms with Crippen LogP contribution in [-0.2, 0) is 4.79 Å². The Morgan fingerprint density at radius 1 is 1.04 bits per heavy atom. The summed E-state index contributed by atoms with van der Waals surface area (Å²) in [5.41, 5.74) is 3.04. The highest BCUT2D eigenvalue weighted by Gasteiger charge is 2.27. The van der Waals surface area contributed by atoms with Crippen LogP contribution in [0.1, 0.15) is 25.7 Å². The third-order valence-electron chi connectivity index (χ3n) is 5.18. The zero-order chi connectivity index (χ0) is 19.5. The molecule has 2 heterocycles. The number of carbonyl (C=O) groups excluding carboxylic acids is 1.